The molecule has 0 saturated carbocycles. The van der Waals surface area contributed by atoms with Crippen LogP contribution in [0, 0.1) is 11.6 Å². The Kier molecular flexibility index (Phi) is 7.49. The SMILES string of the molecule is CC(C)N=S(C)(=O)Cc1cc2cc(c1)OCCCCNc1cc(F)ccc1-c1nc(ncc1F)N2. The fraction of sp³-hybridized carbons (Fsp3) is 0.360. The van der Waals surface area contributed by atoms with Gasteiger partial charge in [-0.25, -0.2) is 27.3 Å². The summed E-state index contributed by atoms with van der Waals surface area (Å²) in [6.45, 7) is 4.81. The first-order valence-electron chi connectivity index (χ1n) is 11.5. The molecule has 4 bridgehead atoms. The van der Waals surface area contributed by atoms with E-state index in [0.717, 1.165) is 24.6 Å². The highest BCUT2D eigenvalue weighted by Gasteiger charge is 2.16. The van der Waals surface area contributed by atoms with Crippen molar-refractivity contribution in [3.8, 4) is 17.0 Å². The summed E-state index contributed by atoms with van der Waals surface area (Å²) in [5.74, 6) is -0.00646. The van der Waals surface area contributed by atoms with E-state index in [1.165, 1.54) is 18.2 Å². The van der Waals surface area contributed by atoms with Crippen molar-refractivity contribution in [3.05, 3.63) is 59.8 Å². The molecule has 2 N–H and O–H groups in total. The number of benzene rings is 2. The number of fused-ring (bicyclic) bond motifs is 6. The first-order chi connectivity index (χ1) is 16.7. The van der Waals surface area contributed by atoms with E-state index >= 15 is 0 Å². The third-order valence-corrected chi connectivity index (χ3v) is 6.96. The van der Waals surface area contributed by atoms with Gasteiger partial charge in [-0.3, -0.25) is 0 Å². The Hall–Kier alpha value is -3.27. The molecule has 0 saturated heterocycles. The van der Waals surface area contributed by atoms with Crippen LogP contribution in [0.1, 0.15) is 32.3 Å². The second-order valence-corrected chi connectivity index (χ2v) is 11.3. The zero-order valence-corrected chi connectivity index (χ0v) is 20.8. The van der Waals surface area contributed by atoms with E-state index in [1.54, 1.807) is 12.3 Å². The molecule has 1 unspecified atom stereocenters. The third kappa shape index (κ3) is 6.66. The molecule has 7 nitrogen and oxygen atoms in total. The second kappa shape index (κ2) is 10.6. The standard InChI is InChI=1S/C25H29F2N5O2S/c1-16(2)32-35(3,33)15-17-10-19-13-20(11-17)34-9-5-4-8-28-23-12-18(26)6-7-21(23)24-22(27)14-29-25(30-19)31-24/h6-7,10-14,16,28H,4-5,8-9,15H2,1-3H3,(H,29,30,31). The van der Waals surface area contributed by atoms with Crippen LogP contribution in [0.25, 0.3) is 11.3 Å². The minimum Gasteiger partial charge on any atom is -0.494 e. The van der Waals surface area contributed by atoms with E-state index in [4.69, 9.17) is 4.74 Å². The van der Waals surface area contributed by atoms with E-state index < -0.39 is 21.4 Å². The quantitative estimate of drug-likeness (QED) is 0.475. The largest absolute Gasteiger partial charge is 0.494 e. The van der Waals surface area contributed by atoms with Crippen LogP contribution in [-0.2, 0) is 15.5 Å². The number of hydrogen-bond donors (Lipinski definition) is 2. The van der Waals surface area contributed by atoms with Gasteiger partial charge in [0, 0.05) is 45.5 Å². The molecule has 0 radical (unpaired) electrons. The zero-order chi connectivity index (χ0) is 25.0. The summed E-state index contributed by atoms with van der Waals surface area (Å²) in [5, 5.41) is 6.28. The van der Waals surface area contributed by atoms with Gasteiger partial charge in [-0.2, -0.15) is 0 Å². The monoisotopic (exact) mass is 501 g/mol. The van der Waals surface area contributed by atoms with Gasteiger partial charge in [0.05, 0.1) is 24.6 Å². The highest BCUT2D eigenvalue weighted by atomic mass is 32.2. The Morgan fingerprint density at radius 1 is 1.17 bits per heavy atom. The van der Waals surface area contributed by atoms with Gasteiger partial charge < -0.3 is 15.4 Å². The molecule has 3 aromatic rings. The van der Waals surface area contributed by atoms with Crippen molar-refractivity contribution in [2.24, 2.45) is 4.36 Å². The molecule has 10 heteroatoms. The average Bonchev–Trinajstić information content (AvgIpc) is 2.76. The van der Waals surface area contributed by atoms with E-state index in [2.05, 4.69) is 25.0 Å². The van der Waals surface area contributed by atoms with Crippen molar-refractivity contribution < 1.29 is 17.7 Å². The third-order valence-electron chi connectivity index (χ3n) is 5.23. The summed E-state index contributed by atoms with van der Waals surface area (Å²) in [7, 11) is -2.44. The second-order valence-electron chi connectivity index (χ2n) is 8.86. The Labute approximate surface area is 204 Å². The molecule has 2 heterocycles. The lowest BCUT2D eigenvalue weighted by atomic mass is 10.1. The minimum atomic E-state index is -2.44. The average molecular weight is 502 g/mol. The predicted molar refractivity (Wildman–Crippen MR) is 136 cm³/mol. The van der Waals surface area contributed by atoms with Crippen LogP contribution in [-0.4, -0.2) is 39.6 Å². The van der Waals surface area contributed by atoms with Crippen LogP contribution < -0.4 is 15.4 Å². The molecule has 1 aliphatic rings. The number of hydrogen-bond acceptors (Lipinski definition) is 7. The molecule has 0 spiro atoms. The summed E-state index contributed by atoms with van der Waals surface area (Å²) in [6.07, 6.45) is 4.23. The molecular formula is C25H29F2N5O2S. The topological polar surface area (TPSA) is 88.5 Å². The van der Waals surface area contributed by atoms with Crippen LogP contribution in [0.2, 0.25) is 0 Å². The number of anilines is 3. The van der Waals surface area contributed by atoms with E-state index in [1.807, 2.05) is 26.0 Å². The van der Waals surface area contributed by atoms with Gasteiger partial charge in [0.1, 0.15) is 17.3 Å². The Morgan fingerprint density at radius 2 is 2.00 bits per heavy atom. The van der Waals surface area contributed by atoms with E-state index in [0.29, 0.717) is 35.8 Å². The van der Waals surface area contributed by atoms with Gasteiger partial charge >= 0.3 is 0 Å². The molecular weight excluding hydrogens is 472 g/mol. The van der Waals surface area contributed by atoms with Crippen molar-refractivity contribution in [2.75, 3.05) is 30.0 Å². The maximum Gasteiger partial charge on any atom is 0.227 e. The van der Waals surface area contributed by atoms with Gasteiger partial charge in [-0.05, 0) is 62.6 Å². The Bertz CT molecular complexity index is 1340. The molecule has 2 aromatic carbocycles. The van der Waals surface area contributed by atoms with Crippen LogP contribution >= 0.6 is 0 Å². The van der Waals surface area contributed by atoms with Crippen LogP contribution in [0.5, 0.6) is 5.75 Å². The highest BCUT2D eigenvalue weighted by Crippen LogP contribution is 2.31. The van der Waals surface area contributed by atoms with Gasteiger partial charge in [-0.1, -0.05) is 0 Å². The van der Waals surface area contributed by atoms with Gasteiger partial charge in [-0.15, -0.1) is 0 Å². The lowest BCUT2D eigenvalue weighted by Crippen LogP contribution is -2.07. The molecule has 186 valence electrons. The number of halogens is 2. The fourth-order valence-corrected chi connectivity index (χ4v) is 5.70. The smallest absolute Gasteiger partial charge is 0.227 e. The summed E-state index contributed by atoms with van der Waals surface area (Å²) in [5.41, 5.74) is 2.35. The number of nitrogens with one attached hydrogen (secondary N) is 2. The van der Waals surface area contributed by atoms with Crippen LogP contribution in [0.4, 0.5) is 26.1 Å². The molecule has 0 amide bonds. The molecule has 1 atom stereocenters. The number of nitrogens with zero attached hydrogens (tertiary/aromatic N) is 3. The maximum atomic E-state index is 14.8. The zero-order valence-electron chi connectivity index (χ0n) is 20.0. The Balaban J connectivity index is 1.76. The maximum absolute atomic E-state index is 14.8. The Morgan fingerprint density at radius 3 is 2.80 bits per heavy atom. The molecule has 4 rings (SSSR count). The minimum absolute atomic E-state index is 0.0463. The van der Waals surface area contributed by atoms with Crippen molar-refractivity contribution in [1.82, 2.24) is 9.97 Å². The lowest BCUT2D eigenvalue weighted by Gasteiger charge is -2.14. The summed E-state index contributed by atoms with van der Waals surface area (Å²) in [6, 6.07) is 9.56. The summed E-state index contributed by atoms with van der Waals surface area (Å²) < 4.78 is 52.0. The van der Waals surface area contributed by atoms with Crippen molar-refractivity contribution in [3.63, 3.8) is 0 Å². The van der Waals surface area contributed by atoms with Gasteiger partial charge in [0.25, 0.3) is 0 Å². The van der Waals surface area contributed by atoms with Crippen molar-refractivity contribution >= 4 is 27.1 Å². The normalized spacial score (nSPS) is 15.4. The summed E-state index contributed by atoms with van der Waals surface area (Å²) >= 11 is 0. The number of aromatic nitrogens is 2. The van der Waals surface area contributed by atoms with Crippen LogP contribution in [0.3, 0.4) is 0 Å². The first kappa shape index (κ1) is 24.8. The number of rotatable bonds is 3. The van der Waals surface area contributed by atoms with E-state index in [-0.39, 0.29) is 23.4 Å². The molecule has 1 aliphatic heterocycles. The van der Waals surface area contributed by atoms with Crippen LogP contribution in [0.15, 0.2) is 47.0 Å². The van der Waals surface area contributed by atoms with Crippen molar-refractivity contribution in [1.29, 1.82) is 0 Å². The molecule has 0 aliphatic carbocycles. The van der Waals surface area contributed by atoms with Gasteiger partial charge in [0.15, 0.2) is 5.82 Å². The lowest BCUT2D eigenvalue weighted by molar-refractivity contribution is 0.308. The molecule has 35 heavy (non-hydrogen) atoms. The first-order valence-corrected chi connectivity index (χ1v) is 13.6. The van der Waals surface area contributed by atoms with Gasteiger partial charge in [0.2, 0.25) is 5.95 Å². The molecule has 1 aromatic heterocycles. The number of ether oxygens (including phenoxy) is 1. The fourth-order valence-electron chi connectivity index (χ4n) is 3.95. The predicted octanol–water partition coefficient (Wildman–Crippen LogP) is 5.76. The van der Waals surface area contributed by atoms with Crippen molar-refractivity contribution in [2.45, 2.75) is 38.5 Å². The molecule has 0 fully saturated rings. The van der Waals surface area contributed by atoms with E-state index in [9.17, 15) is 13.0 Å². The summed E-state index contributed by atoms with van der Waals surface area (Å²) in [4.78, 5) is 8.45. The highest BCUT2D eigenvalue weighted by molar-refractivity contribution is 7.92.